The molecule has 7 nitrogen and oxygen atoms in total. The highest BCUT2D eigenvalue weighted by molar-refractivity contribution is 5.95. The zero-order chi connectivity index (χ0) is 14.6. The van der Waals surface area contributed by atoms with Crippen molar-refractivity contribution in [2.24, 2.45) is 11.1 Å². The van der Waals surface area contributed by atoms with Gasteiger partial charge in [-0.2, -0.15) is 5.10 Å². The van der Waals surface area contributed by atoms with Crippen LogP contribution in [-0.2, 0) is 16.1 Å². The van der Waals surface area contributed by atoms with E-state index in [1.807, 2.05) is 6.92 Å². The lowest BCUT2D eigenvalue weighted by molar-refractivity contribution is -0.127. The summed E-state index contributed by atoms with van der Waals surface area (Å²) in [5.74, 6) is -0.436. The highest BCUT2D eigenvalue weighted by Gasteiger charge is 2.37. The molecule has 2 heterocycles. The Morgan fingerprint density at radius 2 is 2.20 bits per heavy atom. The number of amides is 2. The van der Waals surface area contributed by atoms with E-state index in [1.54, 1.807) is 6.20 Å². The van der Waals surface area contributed by atoms with Crippen molar-refractivity contribution in [1.82, 2.24) is 15.1 Å². The highest BCUT2D eigenvalue weighted by Crippen LogP contribution is 2.33. The molecule has 0 bridgehead atoms. The summed E-state index contributed by atoms with van der Waals surface area (Å²) in [6.07, 6.45) is 5.64. The molecule has 0 saturated carbocycles. The van der Waals surface area contributed by atoms with Gasteiger partial charge in [0.2, 0.25) is 11.8 Å². The molecule has 2 rings (SSSR count). The minimum atomic E-state index is -0.464. The average Bonchev–Trinajstić information content (AvgIpc) is 2.85. The summed E-state index contributed by atoms with van der Waals surface area (Å²) < 4.78 is 1.42. The quantitative estimate of drug-likeness (QED) is 0.710. The molecule has 1 fully saturated rings. The Balaban J connectivity index is 2.02. The van der Waals surface area contributed by atoms with Gasteiger partial charge in [0, 0.05) is 6.20 Å². The molecule has 0 unspecified atom stereocenters. The maximum Gasteiger partial charge on any atom is 0.239 e. The predicted molar refractivity (Wildman–Crippen MR) is 74.9 cm³/mol. The number of nitrogens with one attached hydrogen (secondary N) is 2. The van der Waals surface area contributed by atoms with Crippen LogP contribution in [0.25, 0.3) is 0 Å². The lowest BCUT2D eigenvalue weighted by atomic mass is 9.76. The van der Waals surface area contributed by atoms with Gasteiger partial charge in [0.25, 0.3) is 0 Å². The maximum atomic E-state index is 12.5. The van der Waals surface area contributed by atoms with Gasteiger partial charge in [-0.25, -0.2) is 0 Å². The molecule has 110 valence electrons. The first-order chi connectivity index (χ1) is 9.55. The number of nitrogens with two attached hydrogens (primary N) is 1. The number of carbonyl (C=O) groups excluding carboxylic acids is 2. The molecular formula is C13H21N5O2. The summed E-state index contributed by atoms with van der Waals surface area (Å²) in [7, 11) is 0. The van der Waals surface area contributed by atoms with Crippen LogP contribution < -0.4 is 16.4 Å². The normalized spacial score (nSPS) is 17.6. The molecule has 2 amide bonds. The van der Waals surface area contributed by atoms with Gasteiger partial charge in [-0.05, 0) is 32.4 Å². The van der Waals surface area contributed by atoms with Gasteiger partial charge in [0.05, 0.1) is 17.3 Å². The van der Waals surface area contributed by atoms with Gasteiger partial charge in [-0.15, -0.1) is 0 Å². The van der Waals surface area contributed by atoms with Crippen molar-refractivity contribution in [2.45, 2.75) is 32.7 Å². The first-order valence-corrected chi connectivity index (χ1v) is 6.89. The number of hydrogen-bond donors (Lipinski definition) is 3. The van der Waals surface area contributed by atoms with Crippen molar-refractivity contribution in [3.05, 3.63) is 12.4 Å². The molecule has 20 heavy (non-hydrogen) atoms. The molecule has 7 heteroatoms. The Morgan fingerprint density at radius 1 is 1.50 bits per heavy atom. The lowest BCUT2D eigenvalue weighted by Gasteiger charge is -2.35. The second-order valence-corrected chi connectivity index (χ2v) is 5.23. The van der Waals surface area contributed by atoms with Crippen LogP contribution >= 0.6 is 0 Å². The second kappa shape index (κ2) is 6.04. The monoisotopic (exact) mass is 279 g/mol. The fourth-order valence-corrected chi connectivity index (χ4v) is 2.58. The first-order valence-electron chi connectivity index (χ1n) is 6.89. The lowest BCUT2D eigenvalue weighted by Crippen LogP contribution is -2.44. The molecule has 0 radical (unpaired) electrons. The predicted octanol–water partition coefficient (Wildman–Crippen LogP) is 0.0867. The third-order valence-corrected chi connectivity index (χ3v) is 3.93. The van der Waals surface area contributed by atoms with Gasteiger partial charge in [-0.3, -0.25) is 14.3 Å². The van der Waals surface area contributed by atoms with Crippen molar-refractivity contribution in [3.63, 3.8) is 0 Å². The number of rotatable bonds is 5. The van der Waals surface area contributed by atoms with Gasteiger partial charge in [0.15, 0.2) is 0 Å². The van der Waals surface area contributed by atoms with Crippen LogP contribution in [0.15, 0.2) is 12.4 Å². The molecule has 0 spiro atoms. The summed E-state index contributed by atoms with van der Waals surface area (Å²) >= 11 is 0. The topological polar surface area (TPSA) is 102 Å². The Morgan fingerprint density at radius 3 is 2.80 bits per heavy atom. The Labute approximate surface area is 117 Å². The van der Waals surface area contributed by atoms with Crippen LogP contribution in [0.2, 0.25) is 0 Å². The molecule has 1 aliphatic rings. The molecular weight excluding hydrogens is 258 g/mol. The summed E-state index contributed by atoms with van der Waals surface area (Å²) in [6.45, 7) is 3.78. The Hall–Kier alpha value is -1.89. The third kappa shape index (κ3) is 3.16. The Kier molecular flexibility index (Phi) is 4.39. The number of hydrogen-bond acceptors (Lipinski definition) is 4. The molecule has 0 aromatic carbocycles. The van der Waals surface area contributed by atoms with Crippen molar-refractivity contribution in [1.29, 1.82) is 0 Å². The standard InChI is InChI=1S/C13H21N5O2/c1-2-13(3-5-15-6-4-13)12(20)17-10-7-16-18(8-10)9-11(14)19/h7-8,15H,2-6,9H2,1H3,(H2,14,19)(H,17,20). The zero-order valence-electron chi connectivity index (χ0n) is 11.7. The summed E-state index contributed by atoms with van der Waals surface area (Å²) in [4.78, 5) is 23.3. The van der Waals surface area contributed by atoms with E-state index in [-0.39, 0.29) is 17.9 Å². The fraction of sp³-hybridized carbons (Fsp3) is 0.615. The number of anilines is 1. The van der Waals surface area contributed by atoms with E-state index >= 15 is 0 Å². The molecule has 1 aromatic heterocycles. The van der Waals surface area contributed by atoms with Crippen LogP contribution in [0, 0.1) is 5.41 Å². The molecule has 4 N–H and O–H groups in total. The minimum absolute atomic E-state index is 0.0126. The van der Waals surface area contributed by atoms with E-state index < -0.39 is 5.91 Å². The average molecular weight is 279 g/mol. The van der Waals surface area contributed by atoms with E-state index in [4.69, 9.17) is 5.73 Å². The van der Waals surface area contributed by atoms with Crippen molar-refractivity contribution < 1.29 is 9.59 Å². The molecule has 1 saturated heterocycles. The molecule has 1 aliphatic heterocycles. The van der Waals surface area contributed by atoms with Crippen LogP contribution in [0.1, 0.15) is 26.2 Å². The zero-order valence-corrected chi connectivity index (χ0v) is 11.7. The second-order valence-electron chi connectivity index (χ2n) is 5.23. The van der Waals surface area contributed by atoms with E-state index in [1.165, 1.54) is 10.9 Å². The van der Waals surface area contributed by atoms with Gasteiger partial charge in [-0.1, -0.05) is 6.92 Å². The minimum Gasteiger partial charge on any atom is -0.368 e. The van der Waals surface area contributed by atoms with Gasteiger partial charge >= 0.3 is 0 Å². The highest BCUT2D eigenvalue weighted by atomic mass is 16.2. The van der Waals surface area contributed by atoms with E-state index in [0.29, 0.717) is 5.69 Å². The number of primary amides is 1. The third-order valence-electron chi connectivity index (χ3n) is 3.93. The van der Waals surface area contributed by atoms with Crippen LogP contribution in [0.5, 0.6) is 0 Å². The van der Waals surface area contributed by atoms with Crippen molar-refractivity contribution >= 4 is 17.5 Å². The number of carbonyl (C=O) groups is 2. The summed E-state index contributed by atoms with van der Waals surface area (Å²) in [5, 5.41) is 10.2. The largest absolute Gasteiger partial charge is 0.368 e. The van der Waals surface area contributed by atoms with Crippen LogP contribution in [0.3, 0.4) is 0 Å². The van der Waals surface area contributed by atoms with Gasteiger partial charge < -0.3 is 16.4 Å². The van der Waals surface area contributed by atoms with E-state index in [9.17, 15) is 9.59 Å². The maximum absolute atomic E-state index is 12.5. The Bertz CT molecular complexity index is 491. The number of piperidine rings is 1. The summed E-state index contributed by atoms with van der Waals surface area (Å²) in [6, 6.07) is 0. The molecule has 1 aromatic rings. The summed E-state index contributed by atoms with van der Waals surface area (Å²) in [5.41, 5.74) is 5.39. The van der Waals surface area contributed by atoms with Crippen LogP contribution in [-0.4, -0.2) is 34.7 Å². The number of nitrogens with zero attached hydrogens (tertiary/aromatic N) is 2. The number of aromatic nitrogens is 2. The van der Waals surface area contributed by atoms with Gasteiger partial charge in [0.1, 0.15) is 6.54 Å². The smallest absolute Gasteiger partial charge is 0.239 e. The molecule has 0 aliphatic carbocycles. The van der Waals surface area contributed by atoms with Crippen molar-refractivity contribution in [2.75, 3.05) is 18.4 Å². The van der Waals surface area contributed by atoms with E-state index in [0.717, 1.165) is 32.4 Å². The van der Waals surface area contributed by atoms with Crippen LogP contribution in [0.4, 0.5) is 5.69 Å². The van der Waals surface area contributed by atoms with E-state index in [2.05, 4.69) is 15.7 Å². The fourth-order valence-electron chi connectivity index (χ4n) is 2.58. The SMILES string of the molecule is CCC1(C(=O)Nc2cnn(CC(N)=O)c2)CCNCC1. The molecule has 0 atom stereocenters. The van der Waals surface area contributed by atoms with Crippen molar-refractivity contribution in [3.8, 4) is 0 Å². The first kappa shape index (κ1) is 14.5.